The minimum atomic E-state index is -4.43. The van der Waals surface area contributed by atoms with Crippen LogP contribution in [-0.4, -0.2) is 33.6 Å². The van der Waals surface area contributed by atoms with Crippen molar-refractivity contribution in [3.8, 4) is 5.69 Å². The minimum Gasteiger partial charge on any atom is -0.345 e. The van der Waals surface area contributed by atoms with Crippen molar-refractivity contribution in [2.45, 2.75) is 50.5 Å². The summed E-state index contributed by atoms with van der Waals surface area (Å²) in [6.45, 7) is 3.99. The third-order valence-electron chi connectivity index (χ3n) is 6.09. The highest BCUT2D eigenvalue weighted by molar-refractivity contribution is 7.85. The minimum absolute atomic E-state index is 0.330. The predicted octanol–water partition coefficient (Wildman–Crippen LogP) is 4.89. The highest BCUT2D eigenvalue weighted by atomic mass is 32.2. The van der Waals surface area contributed by atoms with E-state index >= 15 is 0 Å². The molecule has 2 N–H and O–H groups in total. The molecule has 2 heterocycles. The number of carbonyl (C=O) groups excluding carboxylic acids is 1. The molecule has 10 heteroatoms. The Morgan fingerprint density at radius 1 is 1.19 bits per heavy atom. The standard InChI is InChI=1S/C26H27FN4O4S/c1-3-5-24(18-13-21(15-28-14-18)36(33,34)35)30-26(32)22-11-6-17(4-2)12-25-23(22)16-29-31(25)20-9-7-19(27)8-10-20/h7-16,24H,3-6H2,1-2H3,(H,30,32)(H,33,34,35). The second-order valence-electron chi connectivity index (χ2n) is 8.55. The summed E-state index contributed by atoms with van der Waals surface area (Å²) in [5.74, 6) is -0.687. The lowest BCUT2D eigenvalue weighted by molar-refractivity contribution is -0.116. The van der Waals surface area contributed by atoms with Crippen LogP contribution in [0.5, 0.6) is 0 Å². The van der Waals surface area contributed by atoms with Crippen LogP contribution in [-0.2, 0) is 14.9 Å². The van der Waals surface area contributed by atoms with Crippen LogP contribution in [0, 0.1) is 5.82 Å². The lowest BCUT2D eigenvalue weighted by atomic mass is 10.0. The molecule has 0 saturated heterocycles. The average Bonchev–Trinajstić information content (AvgIpc) is 3.16. The Labute approximate surface area is 209 Å². The van der Waals surface area contributed by atoms with Crippen LogP contribution in [0.1, 0.15) is 62.4 Å². The monoisotopic (exact) mass is 510 g/mol. The van der Waals surface area contributed by atoms with E-state index in [9.17, 15) is 22.2 Å². The molecule has 0 saturated carbocycles. The zero-order valence-corrected chi connectivity index (χ0v) is 20.8. The van der Waals surface area contributed by atoms with E-state index in [0.29, 0.717) is 35.2 Å². The van der Waals surface area contributed by atoms with Crippen molar-refractivity contribution >= 4 is 27.7 Å². The fraction of sp³-hybridized carbons (Fsp3) is 0.269. The van der Waals surface area contributed by atoms with Gasteiger partial charge in [0.2, 0.25) is 0 Å². The van der Waals surface area contributed by atoms with Gasteiger partial charge in [0.15, 0.2) is 0 Å². The fourth-order valence-corrected chi connectivity index (χ4v) is 4.64. The van der Waals surface area contributed by atoms with Crippen LogP contribution in [0.15, 0.2) is 65.5 Å². The first-order valence-corrected chi connectivity index (χ1v) is 13.1. The molecule has 36 heavy (non-hydrogen) atoms. The first kappa shape index (κ1) is 25.5. The molecule has 1 aliphatic carbocycles. The molecule has 0 fully saturated rings. The number of aromatic nitrogens is 3. The molecule has 8 nitrogen and oxygen atoms in total. The van der Waals surface area contributed by atoms with Crippen molar-refractivity contribution in [3.63, 3.8) is 0 Å². The van der Waals surface area contributed by atoms with Gasteiger partial charge in [0.1, 0.15) is 10.7 Å². The van der Waals surface area contributed by atoms with Gasteiger partial charge in [0.25, 0.3) is 16.0 Å². The lowest BCUT2D eigenvalue weighted by Gasteiger charge is -2.20. The first-order valence-electron chi connectivity index (χ1n) is 11.7. The number of pyridine rings is 1. The Bertz CT molecular complexity index is 1440. The Balaban J connectivity index is 1.70. The van der Waals surface area contributed by atoms with Crippen LogP contribution in [0.4, 0.5) is 4.39 Å². The molecule has 0 bridgehead atoms. The van der Waals surface area contributed by atoms with Gasteiger partial charge in [0, 0.05) is 23.5 Å². The van der Waals surface area contributed by atoms with Gasteiger partial charge in [0.05, 0.1) is 23.6 Å². The van der Waals surface area contributed by atoms with E-state index in [0.717, 1.165) is 30.3 Å². The summed E-state index contributed by atoms with van der Waals surface area (Å²) < 4.78 is 47.7. The van der Waals surface area contributed by atoms with E-state index in [4.69, 9.17) is 0 Å². The second-order valence-corrected chi connectivity index (χ2v) is 9.98. The number of nitrogens with one attached hydrogen (secondary N) is 1. The number of fused-ring (bicyclic) bond motifs is 1. The summed E-state index contributed by atoms with van der Waals surface area (Å²) in [6, 6.07) is 6.77. The third-order valence-corrected chi connectivity index (χ3v) is 6.91. The van der Waals surface area contributed by atoms with Gasteiger partial charge >= 0.3 is 0 Å². The van der Waals surface area contributed by atoms with Crippen molar-refractivity contribution in [2.75, 3.05) is 0 Å². The van der Waals surface area contributed by atoms with E-state index in [1.165, 1.54) is 24.4 Å². The van der Waals surface area contributed by atoms with Gasteiger partial charge in [-0.1, -0.05) is 31.9 Å². The highest BCUT2D eigenvalue weighted by Crippen LogP contribution is 2.31. The molecule has 0 radical (unpaired) electrons. The van der Waals surface area contributed by atoms with E-state index in [1.807, 2.05) is 26.0 Å². The molecule has 0 spiro atoms. The normalized spacial score (nSPS) is 14.3. The number of amides is 1. The summed E-state index contributed by atoms with van der Waals surface area (Å²) in [6.07, 6.45) is 10.6. The van der Waals surface area contributed by atoms with E-state index < -0.39 is 16.2 Å². The van der Waals surface area contributed by atoms with Crippen molar-refractivity contribution in [3.05, 3.63) is 83.2 Å². The largest absolute Gasteiger partial charge is 0.345 e. The molecule has 0 aliphatic heterocycles. The lowest BCUT2D eigenvalue weighted by Crippen LogP contribution is -2.29. The number of nitrogens with zero attached hydrogens (tertiary/aromatic N) is 3. The molecule has 188 valence electrons. The molecule has 1 unspecified atom stereocenters. The van der Waals surface area contributed by atoms with E-state index in [2.05, 4.69) is 15.4 Å². The Morgan fingerprint density at radius 2 is 1.94 bits per heavy atom. The van der Waals surface area contributed by atoms with Gasteiger partial charge in [-0.05, 0) is 61.2 Å². The van der Waals surface area contributed by atoms with E-state index in [1.54, 1.807) is 23.0 Å². The summed E-state index contributed by atoms with van der Waals surface area (Å²) >= 11 is 0. The highest BCUT2D eigenvalue weighted by Gasteiger charge is 2.25. The van der Waals surface area contributed by atoms with Gasteiger partial charge in [-0.25, -0.2) is 9.07 Å². The van der Waals surface area contributed by atoms with Gasteiger partial charge in [-0.15, -0.1) is 0 Å². The quantitative estimate of drug-likeness (QED) is 0.417. The number of hydrogen-bond donors (Lipinski definition) is 2. The summed E-state index contributed by atoms with van der Waals surface area (Å²) in [5, 5.41) is 7.48. The average molecular weight is 511 g/mol. The second kappa shape index (κ2) is 10.5. The van der Waals surface area contributed by atoms with Gasteiger partial charge in [-0.3, -0.25) is 14.3 Å². The third kappa shape index (κ3) is 5.44. The molecule has 4 rings (SSSR count). The Hall–Kier alpha value is -3.63. The summed E-state index contributed by atoms with van der Waals surface area (Å²) in [4.78, 5) is 17.2. The maximum Gasteiger partial charge on any atom is 0.296 e. The predicted molar refractivity (Wildman–Crippen MR) is 134 cm³/mol. The molecular formula is C26H27FN4O4S. The van der Waals surface area contributed by atoms with Gasteiger partial charge in [-0.2, -0.15) is 13.5 Å². The molecule has 2 aromatic heterocycles. The molecule has 1 atom stereocenters. The number of halogens is 1. The zero-order chi connectivity index (χ0) is 25.9. The Kier molecular flexibility index (Phi) is 7.46. The zero-order valence-electron chi connectivity index (χ0n) is 20.0. The smallest absolute Gasteiger partial charge is 0.296 e. The number of rotatable bonds is 8. The molecule has 1 amide bonds. The van der Waals surface area contributed by atoms with Crippen LogP contribution in [0.3, 0.4) is 0 Å². The van der Waals surface area contributed by atoms with E-state index in [-0.39, 0.29) is 16.6 Å². The molecule has 1 aliphatic rings. The van der Waals surface area contributed by atoms with Crippen molar-refractivity contribution < 1.29 is 22.2 Å². The van der Waals surface area contributed by atoms with Crippen LogP contribution in [0.2, 0.25) is 0 Å². The SMILES string of the molecule is CCCC(NC(=O)C1=CCC(CC)=Cc2c1cnn2-c1ccc(F)cc1)c1cncc(S(=O)(=O)O)c1. The maximum atomic E-state index is 13.6. The fourth-order valence-electron chi connectivity index (χ4n) is 4.16. The van der Waals surface area contributed by atoms with Crippen LogP contribution in [0.25, 0.3) is 17.3 Å². The van der Waals surface area contributed by atoms with Crippen molar-refractivity contribution in [1.29, 1.82) is 0 Å². The maximum absolute atomic E-state index is 13.6. The summed E-state index contributed by atoms with van der Waals surface area (Å²) in [5.41, 5.74) is 4.06. The van der Waals surface area contributed by atoms with Crippen LogP contribution >= 0.6 is 0 Å². The molecular weight excluding hydrogens is 483 g/mol. The first-order chi connectivity index (χ1) is 17.2. The van der Waals surface area contributed by atoms with Gasteiger partial charge < -0.3 is 5.32 Å². The number of allylic oxidation sites excluding steroid dienone is 2. The van der Waals surface area contributed by atoms with Crippen molar-refractivity contribution in [1.82, 2.24) is 20.1 Å². The Morgan fingerprint density at radius 3 is 2.61 bits per heavy atom. The number of carbonyl (C=O) groups is 1. The summed E-state index contributed by atoms with van der Waals surface area (Å²) in [7, 11) is -4.43. The molecule has 3 aromatic rings. The number of hydrogen-bond acceptors (Lipinski definition) is 5. The van der Waals surface area contributed by atoms with Crippen LogP contribution < -0.4 is 5.32 Å². The molecule has 1 aromatic carbocycles. The number of benzene rings is 1. The van der Waals surface area contributed by atoms with Crippen molar-refractivity contribution in [2.24, 2.45) is 0 Å². The topological polar surface area (TPSA) is 114 Å².